The van der Waals surface area contributed by atoms with Crippen LogP contribution in [0, 0.1) is 0 Å². The Morgan fingerprint density at radius 3 is 2.78 bits per heavy atom. The lowest BCUT2D eigenvalue weighted by atomic mass is 10.0. The molecule has 3 rings (SSSR count). The summed E-state index contributed by atoms with van der Waals surface area (Å²) in [6.07, 6.45) is 1.03. The summed E-state index contributed by atoms with van der Waals surface area (Å²) >= 11 is 4.77. The lowest BCUT2D eigenvalue weighted by Gasteiger charge is -2.11. The summed E-state index contributed by atoms with van der Waals surface area (Å²) in [6, 6.07) is 9.69. The molecule has 0 radical (unpaired) electrons. The van der Waals surface area contributed by atoms with Gasteiger partial charge in [0.2, 0.25) is 0 Å². The predicted octanol–water partition coefficient (Wildman–Crippen LogP) is 3.54. The van der Waals surface area contributed by atoms with Crippen molar-refractivity contribution in [2.45, 2.75) is 6.10 Å². The molecular weight excluding hydrogens is 312 g/mol. The van der Waals surface area contributed by atoms with Crippen LogP contribution in [0.25, 0.3) is 10.9 Å². The van der Waals surface area contributed by atoms with Crippen molar-refractivity contribution in [3.05, 3.63) is 57.1 Å². The Labute approximate surface area is 116 Å². The Balaban J connectivity index is 2.18. The molecule has 0 aliphatic heterocycles. The van der Waals surface area contributed by atoms with Crippen LogP contribution in [0.1, 0.15) is 16.5 Å². The third-order valence-corrected chi connectivity index (χ3v) is 4.53. The highest BCUT2D eigenvalue weighted by Crippen LogP contribution is 2.33. The Bertz CT molecular complexity index is 693. The number of benzene rings is 1. The van der Waals surface area contributed by atoms with E-state index in [0.717, 1.165) is 21.3 Å². The van der Waals surface area contributed by atoms with Crippen molar-refractivity contribution in [1.82, 2.24) is 9.97 Å². The zero-order chi connectivity index (χ0) is 12.5. The minimum atomic E-state index is -0.703. The van der Waals surface area contributed by atoms with Crippen LogP contribution >= 0.6 is 27.3 Å². The van der Waals surface area contributed by atoms with E-state index >= 15 is 0 Å². The molecule has 1 aromatic carbocycles. The van der Waals surface area contributed by atoms with Gasteiger partial charge in [-0.1, -0.05) is 24.3 Å². The van der Waals surface area contributed by atoms with Gasteiger partial charge in [-0.3, -0.25) is 4.98 Å². The predicted molar refractivity (Wildman–Crippen MR) is 75.6 cm³/mol. The molecule has 0 saturated heterocycles. The van der Waals surface area contributed by atoms with E-state index in [4.69, 9.17) is 0 Å². The lowest BCUT2D eigenvalue weighted by Crippen LogP contribution is -2.00. The van der Waals surface area contributed by atoms with Crippen molar-refractivity contribution in [1.29, 1.82) is 0 Å². The van der Waals surface area contributed by atoms with E-state index in [1.807, 2.05) is 30.3 Å². The van der Waals surface area contributed by atoms with Crippen LogP contribution in [0.4, 0.5) is 0 Å². The van der Waals surface area contributed by atoms with E-state index in [1.54, 1.807) is 11.7 Å². The van der Waals surface area contributed by atoms with E-state index < -0.39 is 6.10 Å². The molecule has 1 atom stereocenters. The van der Waals surface area contributed by atoms with Crippen molar-refractivity contribution in [3.63, 3.8) is 0 Å². The van der Waals surface area contributed by atoms with E-state index in [0.29, 0.717) is 4.60 Å². The molecule has 18 heavy (non-hydrogen) atoms. The number of fused-ring (bicyclic) bond motifs is 1. The Kier molecular flexibility index (Phi) is 3.11. The average molecular weight is 321 g/mol. The molecule has 1 N–H and O–H groups in total. The van der Waals surface area contributed by atoms with Crippen LogP contribution in [0.15, 0.2) is 46.6 Å². The first kappa shape index (κ1) is 11.8. The fraction of sp³-hybridized carbons (Fsp3) is 0.0769. The molecule has 1 unspecified atom stereocenters. The molecule has 3 aromatic rings. The minimum Gasteiger partial charge on any atom is -0.383 e. The first-order chi connectivity index (χ1) is 8.77. The molecular formula is C13H9BrN2OS. The van der Waals surface area contributed by atoms with Gasteiger partial charge < -0.3 is 5.11 Å². The fourth-order valence-corrected chi connectivity index (χ4v) is 3.32. The number of para-hydroxylation sites is 1. The molecule has 0 aliphatic rings. The Morgan fingerprint density at radius 1 is 1.17 bits per heavy atom. The molecule has 2 heterocycles. The topological polar surface area (TPSA) is 46.0 Å². The highest BCUT2D eigenvalue weighted by Gasteiger charge is 2.18. The Morgan fingerprint density at radius 2 is 2.00 bits per heavy atom. The van der Waals surface area contributed by atoms with Crippen LogP contribution in [-0.2, 0) is 0 Å². The monoisotopic (exact) mass is 320 g/mol. The molecule has 0 aliphatic carbocycles. The smallest absolute Gasteiger partial charge is 0.123 e. The fourth-order valence-electron chi connectivity index (χ4n) is 1.91. The van der Waals surface area contributed by atoms with Crippen LogP contribution in [0.2, 0.25) is 0 Å². The van der Waals surface area contributed by atoms with Crippen molar-refractivity contribution >= 4 is 38.2 Å². The van der Waals surface area contributed by atoms with E-state index in [1.165, 1.54) is 11.3 Å². The summed E-state index contributed by atoms with van der Waals surface area (Å²) in [4.78, 5) is 9.25. The molecule has 2 aromatic heterocycles. The molecule has 3 nitrogen and oxygen atoms in total. The van der Waals surface area contributed by atoms with E-state index in [2.05, 4.69) is 25.9 Å². The summed E-state index contributed by atoms with van der Waals surface area (Å²) < 4.78 is 0.688. The summed E-state index contributed by atoms with van der Waals surface area (Å²) in [7, 11) is 0. The van der Waals surface area contributed by atoms with Crippen LogP contribution in [0.3, 0.4) is 0 Å². The second kappa shape index (κ2) is 4.76. The molecule has 0 amide bonds. The lowest BCUT2D eigenvalue weighted by molar-refractivity contribution is 0.224. The van der Waals surface area contributed by atoms with Crippen molar-refractivity contribution in [2.75, 3.05) is 0 Å². The molecule has 0 saturated carbocycles. The number of thiazole rings is 1. The highest BCUT2D eigenvalue weighted by atomic mass is 79.9. The number of aromatic nitrogens is 2. The second-order valence-corrected chi connectivity index (χ2v) is 5.47. The number of rotatable bonds is 2. The van der Waals surface area contributed by atoms with Gasteiger partial charge in [0.1, 0.15) is 10.7 Å². The number of hydrogen-bond donors (Lipinski definition) is 1. The summed E-state index contributed by atoms with van der Waals surface area (Å²) in [5.74, 6) is 0. The normalized spacial score (nSPS) is 12.8. The number of pyridine rings is 1. The number of halogens is 1. The number of nitrogens with zero attached hydrogens (tertiary/aromatic N) is 2. The second-order valence-electron chi connectivity index (χ2n) is 3.83. The third-order valence-electron chi connectivity index (χ3n) is 2.76. The molecule has 0 bridgehead atoms. The number of aliphatic hydroxyl groups is 1. The maximum absolute atomic E-state index is 10.5. The van der Waals surface area contributed by atoms with Gasteiger partial charge in [-0.25, -0.2) is 4.98 Å². The molecule has 0 fully saturated rings. The van der Waals surface area contributed by atoms with Gasteiger partial charge in [-0.15, -0.1) is 11.3 Å². The quantitative estimate of drug-likeness (QED) is 0.785. The number of hydrogen-bond acceptors (Lipinski definition) is 4. The van der Waals surface area contributed by atoms with Gasteiger partial charge in [0.25, 0.3) is 0 Å². The van der Waals surface area contributed by atoms with Crippen molar-refractivity contribution < 1.29 is 5.11 Å². The van der Waals surface area contributed by atoms with Gasteiger partial charge in [0, 0.05) is 17.1 Å². The first-order valence-corrected chi connectivity index (χ1v) is 7.05. The van der Waals surface area contributed by atoms with Gasteiger partial charge in [-0.2, -0.15) is 0 Å². The summed E-state index contributed by atoms with van der Waals surface area (Å²) in [5.41, 5.74) is 3.34. The molecule has 0 spiro atoms. The van der Waals surface area contributed by atoms with Crippen molar-refractivity contribution in [2.24, 2.45) is 0 Å². The SMILES string of the molecule is OC(c1scnc1Br)c1cccc2cccnc12. The standard InChI is InChI=1S/C13H9BrN2OS/c14-13-12(18-7-16-13)11(17)9-5-1-3-8-4-2-6-15-10(8)9/h1-7,11,17H. The zero-order valence-corrected chi connectivity index (χ0v) is 11.6. The van der Waals surface area contributed by atoms with Gasteiger partial charge in [0.15, 0.2) is 0 Å². The minimum absolute atomic E-state index is 0.688. The Hall–Kier alpha value is -1.30. The first-order valence-electron chi connectivity index (χ1n) is 5.38. The van der Waals surface area contributed by atoms with Crippen molar-refractivity contribution in [3.8, 4) is 0 Å². The van der Waals surface area contributed by atoms with Crippen LogP contribution in [-0.4, -0.2) is 15.1 Å². The van der Waals surface area contributed by atoms with Crippen LogP contribution in [0.5, 0.6) is 0 Å². The number of aliphatic hydroxyl groups excluding tert-OH is 1. The maximum Gasteiger partial charge on any atom is 0.123 e. The van der Waals surface area contributed by atoms with Gasteiger partial charge in [-0.05, 0) is 22.0 Å². The largest absolute Gasteiger partial charge is 0.383 e. The summed E-state index contributed by atoms with van der Waals surface area (Å²) in [5, 5.41) is 11.5. The molecule has 90 valence electrons. The van der Waals surface area contributed by atoms with Crippen LogP contribution < -0.4 is 0 Å². The zero-order valence-electron chi connectivity index (χ0n) is 9.25. The van der Waals surface area contributed by atoms with Gasteiger partial charge >= 0.3 is 0 Å². The maximum atomic E-state index is 10.5. The third kappa shape index (κ3) is 1.94. The van der Waals surface area contributed by atoms with Gasteiger partial charge in [0.05, 0.1) is 15.9 Å². The van der Waals surface area contributed by atoms with E-state index in [-0.39, 0.29) is 0 Å². The highest BCUT2D eigenvalue weighted by molar-refractivity contribution is 9.10. The van der Waals surface area contributed by atoms with E-state index in [9.17, 15) is 5.11 Å². The molecule has 5 heteroatoms. The average Bonchev–Trinajstić information content (AvgIpc) is 2.83. The summed E-state index contributed by atoms with van der Waals surface area (Å²) in [6.45, 7) is 0.